The van der Waals surface area contributed by atoms with Crippen LogP contribution < -0.4 is 5.32 Å². The highest BCUT2D eigenvalue weighted by Crippen LogP contribution is 2.20. The zero-order valence-corrected chi connectivity index (χ0v) is 13.2. The van der Waals surface area contributed by atoms with Gasteiger partial charge in [0.1, 0.15) is 11.6 Å². The van der Waals surface area contributed by atoms with Crippen molar-refractivity contribution >= 4 is 16.9 Å². The number of benzene rings is 1. The summed E-state index contributed by atoms with van der Waals surface area (Å²) in [5.41, 5.74) is 2.30. The van der Waals surface area contributed by atoms with Crippen LogP contribution in [0, 0.1) is 18.6 Å². The summed E-state index contributed by atoms with van der Waals surface area (Å²) in [6.45, 7) is 3.85. The van der Waals surface area contributed by atoms with Gasteiger partial charge in [0.15, 0.2) is 11.5 Å². The molecule has 124 valence electrons. The Bertz CT molecular complexity index is 907. The van der Waals surface area contributed by atoms with Crippen LogP contribution in [0.4, 0.5) is 8.78 Å². The summed E-state index contributed by atoms with van der Waals surface area (Å²) in [6, 6.07) is 6.00. The van der Waals surface area contributed by atoms with Gasteiger partial charge in [0, 0.05) is 6.07 Å². The Balaban J connectivity index is 1.86. The summed E-state index contributed by atoms with van der Waals surface area (Å²) < 4.78 is 26.6. The highest BCUT2D eigenvalue weighted by Gasteiger charge is 2.21. The fourth-order valence-corrected chi connectivity index (χ4v) is 2.48. The van der Waals surface area contributed by atoms with Crippen molar-refractivity contribution in [2.45, 2.75) is 26.3 Å². The van der Waals surface area contributed by atoms with Crippen LogP contribution in [0.2, 0.25) is 0 Å². The summed E-state index contributed by atoms with van der Waals surface area (Å²) in [5, 5.41) is 2.68. The standard InChI is InChI=1S/C17H16F2N4O/c1-3-12(16-21-13-5-4-9(2)6-14(13)22-16)23-17(24)15-11(19)7-10(18)8-20-15/h4-8,12H,3H2,1-2H3,(H,21,22)(H,23,24). The molecule has 5 nitrogen and oxygen atoms in total. The van der Waals surface area contributed by atoms with Crippen LogP contribution >= 0.6 is 0 Å². The van der Waals surface area contributed by atoms with E-state index in [0.29, 0.717) is 18.3 Å². The van der Waals surface area contributed by atoms with Gasteiger partial charge in [-0.1, -0.05) is 13.0 Å². The van der Waals surface area contributed by atoms with Crippen molar-refractivity contribution < 1.29 is 13.6 Å². The second kappa shape index (κ2) is 6.35. The van der Waals surface area contributed by atoms with Crippen LogP contribution in [0.5, 0.6) is 0 Å². The molecule has 0 aliphatic carbocycles. The molecule has 2 aromatic heterocycles. The number of imidazole rings is 1. The Kier molecular flexibility index (Phi) is 4.24. The molecule has 3 rings (SSSR count). The van der Waals surface area contributed by atoms with E-state index in [1.165, 1.54) is 0 Å². The van der Waals surface area contributed by atoms with E-state index in [4.69, 9.17) is 0 Å². The number of fused-ring (bicyclic) bond motifs is 1. The lowest BCUT2D eigenvalue weighted by atomic mass is 10.2. The summed E-state index contributed by atoms with van der Waals surface area (Å²) in [4.78, 5) is 23.4. The average Bonchev–Trinajstić information content (AvgIpc) is 2.95. The number of amides is 1. The number of H-pyrrole nitrogens is 1. The number of aryl methyl sites for hydroxylation is 1. The van der Waals surface area contributed by atoms with E-state index in [1.54, 1.807) is 0 Å². The number of aromatic amines is 1. The predicted molar refractivity (Wildman–Crippen MR) is 85.5 cm³/mol. The first-order chi connectivity index (χ1) is 11.5. The first-order valence-electron chi connectivity index (χ1n) is 7.56. The average molecular weight is 330 g/mol. The van der Waals surface area contributed by atoms with Crippen LogP contribution in [0.3, 0.4) is 0 Å². The molecule has 1 amide bonds. The summed E-state index contributed by atoms with van der Waals surface area (Å²) in [7, 11) is 0. The maximum atomic E-state index is 13.7. The van der Waals surface area contributed by atoms with Crippen molar-refractivity contribution in [3.8, 4) is 0 Å². The van der Waals surface area contributed by atoms with Gasteiger partial charge in [-0.05, 0) is 31.0 Å². The minimum atomic E-state index is -0.998. The highest BCUT2D eigenvalue weighted by atomic mass is 19.1. The van der Waals surface area contributed by atoms with Gasteiger partial charge in [0.25, 0.3) is 5.91 Å². The third-order valence-electron chi connectivity index (χ3n) is 3.72. The van der Waals surface area contributed by atoms with E-state index in [2.05, 4.69) is 20.3 Å². The predicted octanol–water partition coefficient (Wildman–Crippen LogP) is 3.43. The van der Waals surface area contributed by atoms with Gasteiger partial charge >= 0.3 is 0 Å². The van der Waals surface area contributed by atoms with Gasteiger partial charge in [-0.2, -0.15) is 0 Å². The fourth-order valence-electron chi connectivity index (χ4n) is 2.48. The van der Waals surface area contributed by atoms with Crippen LogP contribution in [-0.2, 0) is 0 Å². The Morgan fingerprint density at radius 1 is 1.33 bits per heavy atom. The van der Waals surface area contributed by atoms with Gasteiger partial charge in [0.2, 0.25) is 0 Å². The first kappa shape index (κ1) is 16.0. The minimum absolute atomic E-state index is 0.434. The van der Waals surface area contributed by atoms with Crippen LogP contribution in [0.25, 0.3) is 11.0 Å². The molecule has 1 unspecified atom stereocenters. The van der Waals surface area contributed by atoms with Gasteiger partial charge in [0.05, 0.1) is 23.3 Å². The lowest BCUT2D eigenvalue weighted by Crippen LogP contribution is -2.30. The Morgan fingerprint density at radius 2 is 2.12 bits per heavy atom. The number of nitrogens with one attached hydrogen (secondary N) is 2. The summed E-state index contributed by atoms with van der Waals surface area (Å²) in [5.74, 6) is -1.96. The largest absolute Gasteiger partial charge is 0.341 e. The van der Waals surface area contributed by atoms with Crippen LogP contribution in [-0.4, -0.2) is 20.9 Å². The molecule has 0 bridgehead atoms. The third kappa shape index (κ3) is 3.10. The monoisotopic (exact) mass is 330 g/mol. The molecule has 0 aliphatic heterocycles. The number of carbonyl (C=O) groups excluding carboxylic acids is 1. The number of hydrogen-bond donors (Lipinski definition) is 2. The molecule has 0 radical (unpaired) electrons. The van der Waals surface area contributed by atoms with Crippen molar-refractivity contribution in [2.75, 3.05) is 0 Å². The van der Waals surface area contributed by atoms with Crippen molar-refractivity contribution in [1.29, 1.82) is 0 Å². The number of nitrogens with zero attached hydrogens (tertiary/aromatic N) is 2. The molecule has 0 spiro atoms. The van der Waals surface area contributed by atoms with E-state index >= 15 is 0 Å². The molecule has 0 fully saturated rings. The second-order valence-electron chi connectivity index (χ2n) is 5.56. The summed E-state index contributed by atoms with van der Waals surface area (Å²) in [6.07, 6.45) is 1.36. The molecular formula is C17H16F2N4O. The number of aromatic nitrogens is 3. The SMILES string of the molecule is CCC(NC(=O)c1ncc(F)cc1F)c1nc2ccc(C)cc2[nH]1. The number of halogens is 2. The first-order valence-corrected chi connectivity index (χ1v) is 7.56. The number of pyridine rings is 1. The molecule has 2 heterocycles. The maximum Gasteiger partial charge on any atom is 0.273 e. The molecule has 1 atom stereocenters. The quantitative estimate of drug-likeness (QED) is 0.770. The topological polar surface area (TPSA) is 70.7 Å². The number of hydrogen-bond acceptors (Lipinski definition) is 3. The van der Waals surface area contributed by atoms with Gasteiger partial charge < -0.3 is 10.3 Å². The van der Waals surface area contributed by atoms with E-state index in [9.17, 15) is 13.6 Å². The lowest BCUT2D eigenvalue weighted by Gasteiger charge is -2.14. The Morgan fingerprint density at radius 3 is 2.83 bits per heavy atom. The number of rotatable bonds is 4. The lowest BCUT2D eigenvalue weighted by molar-refractivity contribution is 0.0924. The molecule has 1 aromatic carbocycles. The molecule has 2 N–H and O–H groups in total. The molecule has 24 heavy (non-hydrogen) atoms. The number of carbonyl (C=O) groups is 1. The fraction of sp³-hybridized carbons (Fsp3) is 0.235. The zero-order valence-electron chi connectivity index (χ0n) is 13.2. The molecule has 0 saturated carbocycles. The Hall–Kier alpha value is -2.83. The molecule has 0 aliphatic rings. The zero-order chi connectivity index (χ0) is 17.3. The van der Waals surface area contributed by atoms with Crippen molar-refractivity contribution in [1.82, 2.24) is 20.3 Å². The van der Waals surface area contributed by atoms with Crippen molar-refractivity contribution in [3.05, 3.63) is 59.2 Å². The van der Waals surface area contributed by atoms with Gasteiger partial charge in [-0.3, -0.25) is 4.79 Å². The van der Waals surface area contributed by atoms with Crippen molar-refractivity contribution in [2.24, 2.45) is 0 Å². The van der Waals surface area contributed by atoms with E-state index in [-0.39, 0.29) is 0 Å². The third-order valence-corrected chi connectivity index (χ3v) is 3.72. The smallest absolute Gasteiger partial charge is 0.273 e. The minimum Gasteiger partial charge on any atom is -0.341 e. The Labute approximate surface area is 137 Å². The molecule has 7 heteroatoms. The van der Waals surface area contributed by atoms with E-state index in [1.807, 2.05) is 32.0 Å². The summed E-state index contributed by atoms with van der Waals surface area (Å²) >= 11 is 0. The van der Waals surface area contributed by atoms with E-state index < -0.39 is 29.3 Å². The molecule has 3 aromatic rings. The molecular weight excluding hydrogens is 314 g/mol. The second-order valence-corrected chi connectivity index (χ2v) is 5.56. The maximum absolute atomic E-state index is 13.7. The highest BCUT2D eigenvalue weighted by molar-refractivity contribution is 5.92. The normalized spacial score (nSPS) is 12.3. The van der Waals surface area contributed by atoms with E-state index in [0.717, 1.165) is 22.8 Å². The van der Waals surface area contributed by atoms with Crippen LogP contribution in [0.1, 0.15) is 41.3 Å². The van der Waals surface area contributed by atoms with Gasteiger partial charge in [-0.15, -0.1) is 0 Å². The van der Waals surface area contributed by atoms with Gasteiger partial charge in [-0.25, -0.2) is 18.7 Å². The molecule has 0 saturated heterocycles. The van der Waals surface area contributed by atoms with Crippen LogP contribution in [0.15, 0.2) is 30.5 Å². The van der Waals surface area contributed by atoms with Crippen molar-refractivity contribution in [3.63, 3.8) is 0 Å².